The van der Waals surface area contributed by atoms with Crippen molar-refractivity contribution in [1.82, 2.24) is 14.8 Å². The van der Waals surface area contributed by atoms with Gasteiger partial charge in [-0.2, -0.15) is 12.2 Å². The first-order valence-electron chi connectivity index (χ1n) is 1.80. The van der Waals surface area contributed by atoms with Crippen LogP contribution in [0.3, 0.4) is 0 Å². The van der Waals surface area contributed by atoms with Gasteiger partial charge < -0.3 is 17.1 Å². The molecule has 1 aromatic rings. The van der Waals surface area contributed by atoms with E-state index in [2.05, 4.69) is 16.5 Å². The van der Waals surface area contributed by atoms with Gasteiger partial charge in [-0.05, 0) is 13.4 Å². The van der Waals surface area contributed by atoms with Crippen molar-refractivity contribution in [1.29, 1.82) is 0 Å². The molecule has 0 aliphatic carbocycles. The first-order chi connectivity index (χ1) is 3.30. The van der Waals surface area contributed by atoms with Crippen molar-refractivity contribution in [2.75, 3.05) is 0 Å². The Bertz CT molecular complexity index is 208. The maximum absolute atomic E-state index is 4.70. The summed E-state index contributed by atoms with van der Waals surface area (Å²) in [5, 5.41) is 6.07. The molecule has 53 valence electrons. The molecule has 1 rings (SSSR count). The summed E-state index contributed by atoms with van der Waals surface area (Å²) in [5.74, 6) is 0. The number of nitrogens with zero attached hydrogens (tertiary/aromatic N) is 2. The number of hydrogen-bond donors (Lipinski definition) is 1. The third kappa shape index (κ3) is 4.89. The van der Waals surface area contributed by atoms with Crippen LogP contribution in [0.15, 0.2) is 0 Å². The Hall–Kier alpha value is 1.15. The van der Waals surface area contributed by atoms with Gasteiger partial charge in [-0.25, -0.2) is 0 Å². The van der Waals surface area contributed by atoms with Crippen molar-refractivity contribution in [2.24, 2.45) is 7.05 Å². The van der Waals surface area contributed by atoms with Gasteiger partial charge in [-0.3, -0.25) is 5.10 Å². The molecule has 0 aromatic carbocycles. The Balaban J connectivity index is -0.000000163. The van der Waals surface area contributed by atoms with Gasteiger partial charge in [0.1, 0.15) is 0 Å². The van der Waals surface area contributed by atoms with Crippen LogP contribution in [0.25, 0.3) is 0 Å². The van der Waals surface area contributed by atoms with E-state index in [1.165, 1.54) is 0 Å². The zero-order chi connectivity index (χ0) is 5.28. The summed E-state index contributed by atoms with van der Waals surface area (Å²) in [6.07, 6.45) is 2.58. The molecule has 0 spiro atoms. The van der Waals surface area contributed by atoms with E-state index >= 15 is 0 Å². The normalized spacial score (nSPS) is 6.50. The second kappa shape index (κ2) is 8.25. The van der Waals surface area contributed by atoms with E-state index < -0.39 is 0 Å². The summed E-state index contributed by atoms with van der Waals surface area (Å²) in [6.45, 7) is 0. The molecule has 0 atom stereocenters. The number of aromatic amines is 1. The molecule has 0 unspecified atom stereocenters. The molecule has 0 aliphatic rings. The molecule has 3 nitrogen and oxygen atoms in total. The average molecular weight is 402 g/mol. The first kappa shape index (κ1) is 17.3. The molecule has 1 aromatic heterocycles. The van der Waals surface area contributed by atoms with Crippen LogP contribution in [-0.4, -0.2) is 14.8 Å². The maximum atomic E-state index is 4.70. The maximum Gasteiger partial charge on any atom is 2.00 e. The summed E-state index contributed by atoms with van der Waals surface area (Å²) in [6, 6.07) is 0. The molecule has 1 heterocycles. The van der Waals surface area contributed by atoms with Gasteiger partial charge in [-0.15, -0.1) is 0 Å². The summed E-state index contributed by atoms with van der Waals surface area (Å²) in [7, 11) is 1.78. The fourth-order valence-corrected chi connectivity index (χ4v) is 0.355. The monoisotopic (exact) mass is 402 g/mol. The Morgan fingerprint density at radius 2 is 2.20 bits per heavy atom. The van der Waals surface area contributed by atoms with Gasteiger partial charge in [0, 0.05) is 37.5 Å². The second-order valence-electron chi connectivity index (χ2n) is 1.19. The van der Waals surface area contributed by atoms with E-state index in [0.29, 0.717) is 4.77 Å². The molecular weight excluding hydrogens is 395 g/mol. The van der Waals surface area contributed by atoms with Crippen LogP contribution in [0.5, 0.6) is 0 Å². The fourth-order valence-electron chi connectivity index (χ4n) is 0.268. The summed E-state index contributed by atoms with van der Waals surface area (Å²) >= 11 is 4.70. The zero-order valence-corrected chi connectivity index (χ0v) is 12.4. The predicted molar refractivity (Wildman–Crippen MR) is 33.6 cm³/mol. The van der Waals surface area contributed by atoms with E-state index in [-0.39, 0.29) is 61.2 Å². The van der Waals surface area contributed by atoms with E-state index in [1.54, 1.807) is 11.6 Å². The van der Waals surface area contributed by atoms with Crippen LogP contribution in [0, 0.1) is 18.5 Å². The summed E-state index contributed by atoms with van der Waals surface area (Å²) < 4.78 is 2.20. The third-order valence-corrected chi connectivity index (χ3v) is 1.02. The number of aromatic nitrogens is 3. The predicted octanol–water partition coefficient (Wildman–Crippen LogP) is 0.723. The Kier molecular flexibility index (Phi) is 14.3. The Morgan fingerprint density at radius 3 is 2.30 bits per heavy atom. The minimum Gasteiger partial charge on any atom is -0.473 e. The molecule has 10 heavy (non-hydrogen) atoms. The van der Waals surface area contributed by atoms with E-state index in [1.807, 2.05) is 0 Å². The molecule has 0 saturated carbocycles. The molecule has 1 N–H and O–H groups in total. The van der Waals surface area contributed by atoms with E-state index in [0.717, 1.165) is 0 Å². The molecule has 0 bridgehead atoms. The van der Waals surface area contributed by atoms with Crippen LogP contribution >= 0.6 is 12.2 Å². The minimum atomic E-state index is 0. The standard InChI is InChI=1S/C3H4N3S.CH3.W.Y/c1-6-2-4-5-3(6)7;;;/h1H3,(H,5,7);1H3;;/q2*-1;+2;. The summed E-state index contributed by atoms with van der Waals surface area (Å²) in [4.78, 5) is 0. The van der Waals surface area contributed by atoms with Crippen molar-refractivity contribution in [3.05, 3.63) is 18.5 Å². The van der Waals surface area contributed by atoms with Crippen molar-refractivity contribution in [3.8, 4) is 0 Å². The van der Waals surface area contributed by atoms with E-state index in [4.69, 9.17) is 12.2 Å². The van der Waals surface area contributed by atoms with Crippen molar-refractivity contribution < 1.29 is 53.8 Å². The Morgan fingerprint density at radius 1 is 1.70 bits per heavy atom. The van der Waals surface area contributed by atoms with Crippen molar-refractivity contribution in [2.45, 2.75) is 0 Å². The van der Waals surface area contributed by atoms with Gasteiger partial charge in [0.15, 0.2) is 0 Å². The molecule has 0 amide bonds. The molecule has 0 fully saturated rings. The SMILES string of the molecule is Cn1[c-]n[nH]c1=S.[CH3-].[W+2].[Y]. The zero-order valence-electron chi connectivity index (χ0n) is 5.79. The molecule has 6 heteroatoms. The van der Waals surface area contributed by atoms with Crippen LogP contribution in [0.1, 0.15) is 0 Å². The molecule has 1 radical (unpaired) electrons. The quantitative estimate of drug-likeness (QED) is 0.513. The Labute approximate surface area is 105 Å². The van der Waals surface area contributed by atoms with Gasteiger partial charge in [0.2, 0.25) is 0 Å². The van der Waals surface area contributed by atoms with Crippen LogP contribution in [0.2, 0.25) is 0 Å². The van der Waals surface area contributed by atoms with Crippen molar-refractivity contribution >= 4 is 12.2 Å². The topological polar surface area (TPSA) is 33.6 Å². The van der Waals surface area contributed by atoms with Gasteiger partial charge in [-0.1, -0.05) is 0 Å². The van der Waals surface area contributed by atoms with Crippen LogP contribution in [-0.2, 0) is 60.8 Å². The molecule has 0 saturated heterocycles. The van der Waals surface area contributed by atoms with Crippen LogP contribution in [0.4, 0.5) is 0 Å². The van der Waals surface area contributed by atoms with E-state index in [9.17, 15) is 0 Å². The number of aryl methyl sites for hydroxylation is 1. The number of hydrogen-bond acceptors (Lipinski definition) is 2. The summed E-state index contributed by atoms with van der Waals surface area (Å²) in [5.41, 5.74) is 0. The van der Waals surface area contributed by atoms with Gasteiger partial charge >= 0.3 is 21.1 Å². The fraction of sp³-hybridized carbons (Fsp3) is 0.250. The third-order valence-electron chi connectivity index (χ3n) is 0.656. The number of rotatable bonds is 0. The first-order valence-corrected chi connectivity index (χ1v) is 2.20. The van der Waals surface area contributed by atoms with Gasteiger partial charge in [0.25, 0.3) is 0 Å². The van der Waals surface area contributed by atoms with Crippen LogP contribution < -0.4 is 0 Å². The minimum absolute atomic E-state index is 0. The smallest absolute Gasteiger partial charge is 0.473 e. The molecular formula is C4H7N3SWY. The largest absolute Gasteiger partial charge is 2.00 e. The van der Waals surface area contributed by atoms with Gasteiger partial charge in [0.05, 0.1) is 0 Å². The van der Waals surface area contributed by atoms with Crippen molar-refractivity contribution in [3.63, 3.8) is 0 Å². The number of nitrogens with one attached hydrogen (secondary N) is 1. The average Bonchev–Trinajstić information content (AvgIpc) is 1.91. The molecule has 0 aliphatic heterocycles. The number of H-pyrrole nitrogens is 1. The second-order valence-corrected chi connectivity index (χ2v) is 1.57.